The molecule has 0 saturated carbocycles. The monoisotopic (exact) mass is 358 g/mol. The van der Waals surface area contributed by atoms with Gasteiger partial charge in [0.15, 0.2) is 23.3 Å². The zero-order valence-electron chi connectivity index (χ0n) is 14.5. The molecule has 0 aliphatic rings. The van der Waals surface area contributed by atoms with Crippen LogP contribution in [0.3, 0.4) is 0 Å². The van der Waals surface area contributed by atoms with Crippen molar-refractivity contribution in [2.75, 3.05) is 0 Å². The van der Waals surface area contributed by atoms with E-state index in [-0.39, 0.29) is 22.3 Å². The van der Waals surface area contributed by atoms with Gasteiger partial charge in [-0.3, -0.25) is 0 Å². The molecule has 0 heterocycles. The number of halogens is 4. The van der Waals surface area contributed by atoms with Crippen LogP contribution in [0, 0.1) is 37.1 Å². The maximum Gasteiger partial charge on any atom is 0.167 e. The molecule has 0 saturated heterocycles. The van der Waals surface area contributed by atoms with E-state index >= 15 is 0 Å². The molecule has 4 heteroatoms. The van der Waals surface area contributed by atoms with E-state index in [2.05, 4.69) is 0 Å². The summed E-state index contributed by atoms with van der Waals surface area (Å²) in [5.41, 5.74) is 1.91. The third-order valence-corrected chi connectivity index (χ3v) is 4.53. The zero-order chi connectivity index (χ0) is 18.8. The lowest BCUT2D eigenvalue weighted by Gasteiger charge is -2.11. The molecule has 0 aliphatic carbocycles. The Kier molecular flexibility index (Phi) is 5.12. The highest BCUT2D eigenvalue weighted by atomic mass is 19.2. The van der Waals surface area contributed by atoms with Crippen molar-refractivity contribution in [3.8, 4) is 11.1 Å². The highest BCUT2D eigenvalue weighted by Crippen LogP contribution is 2.31. The van der Waals surface area contributed by atoms with Crippen LogP contribution in [0.15, 0.2) is 48.5 Å². The summed E-state index contributed by atoms with van der Waals surface area (Å²) in [7, 11) is 0. The maximum atomic E-state index is 14.5. The lowest BCUT2D eigenvalue weighted by atomic mass is 9.97. The first-order valence-electron chi connectivity index (χ1n) is 8.36. The van der Waals surface area contributed by atoms with E-state index in [1.54, 1.807) is 0 Å². The van der Waals surface area contributed by atoms with Crippen LogP contribution in [0.25, 0.3) is 11.1 Å². The first kappa shape index (κ1) is 18.2. The van der Waals surface area contributed by atoms with Crippen LogP contribution in [0.2, 0.25) is 0 Å². The molecule has 3 aromatic rings. The SMILES string of the molecule is Cc1ccc(CCc2ccc(-c3ccc(C)c(F)c3F)c(F)c2F)cc1. The largest absolute Gasteiger partial charge is 0.203 e. The molecule has 0 aromatic heterocycles. The fraction of sp³-hybridized carbons (Fsp3) is 0.182. The fourth-order valence-electron chi connectivity index (χ4n) is 2.88. The molecule has 0 aliphatic heterocycles. The molecule has 0 spiro atoms. The van der Waals surface area contributed by atoms with E-state index < -0.39 is 23.3 Å². The quantitative estimate of drug-likeness (QED) is 0.479. The van der Waals surface area contributed by atoms with Gasteiger partial charge in [0.05, 0.1) is 0 Å². The van der Waals surface area contributed by atoms with Gasteiger partial charge in [0, 0.05) is 11.1 Å². The Balaban J connectivity index is 1.89. The average Bonchev–Trinajstić information content (AvgIpc) is 2.63. The second-order valence-corrected chi connectivity index (χ2v) is 6.44. The Morgan fingerprint density at radius 2 is 1.15 bits per heavy atom. The molecule has 0 nitrogen and oxygen atoms in total. The average molecular weight is 358 g/mol. The van der Waals surface area contributed by atoms with Crippen molar-refractivity contribution in [2.24, 2.45) is 0 Å². The molecule has 3 aromatic carbocycles. The standard InChI is InChI=1S/C22H18F4/c1-13-3-6-15(7-4-13)8-9-16-10-12-18(22(26)20(16)24)17-11-5-14(2)19(23)21(17)25/h3-7,10-12H,8-9H2,1-2H3. The summed E-state index contributed by atoms with van der Waals surface area (Å²) in [5, 5.41) is 0. The summed E-state index contributed by atoms with van der Waals surface area (Å²) in [6.45, 7) is 3.39. The summed E-state index contributed by atoms with van der Waals surface area (Å²) in [6, 6.07) is 13.2. The van der Waals surface area contributed by atoms with E-state index in [0.29, 0.717) is 12.8 Å². The molecule has 0 atom stereocenters. The summed E-state index contributed by atoms with van der Waals surface area (Å²) >= 11 is 0. The van der Waals surface area contributed by atoms with Gasteiger partial charge >= 0.3 is 0 Å². The van der Waals surface area contributed by atoms with Gasteiger partial charge in [-0.25, -0.2) is 17.6 Å². The highest BCUT2D eigenvalue weighted by Gasteiger charge is 2.19. The first-order chi connectivity index (χ1) is 12.4. The van der Waals surface area contributed by atoms with Gasteiger partial charge in [0.1, 0.15) is 0 Å². The van der Waals surface area contributed by atoms with Gasteiger partial charge in [-0.1, -0.05) is 54.1 Å². The highest BCUT2D eigenvalue weighted by molar-refractivity contribution is 5.66. The smallest absolute Gasteiger partial charge is 0.167 e. The van der Waals surface area contributed by atoms with E-state index in [0.717, 1.165) is 11.1 Å². The van der Waals surface area contributed by atoms with Gasteiger partial charge in [0.25, 0.3) is 0 Å². The third-order valence-electron chi connectivity index (χ3n) is 4.53. The van der Waals surface area contributed by atoms with Gasteiger partial charge in [-0.2, -0.15) is 0 Å². The summed E-state index contributed by atoms with van der Waals surface area (Å²) in [6.07, 6.45) is 0.875. The summed E-state index contributed by atoms with van der Waals surface area (Å²) in [5.74, 6) is -4.40. The number of rotatable bonds is 4. The molecule has 0 bridgehead atoms. The van der Waals surface area contributed by atoms with Crippen molar-refractivity contribution >= 4 is 0 Å². The van der Waals surface area contributed by atoms with Crippen molar-refractivity contribution in [2.45, 2.75) is 26.7 Å². The van der Waals surface area contributed by atoms with Gasteiger partial charge < -0.3 is 0 Å². The number of hydrogen-bond donors (Lipinski definition) is 0. The summed E-state index contributed by atoms with van der Waals surface area (Å²) < 4.78 is 56.7. The van der Waals surface area contributed by atoms with Crippen molar-refractivity contribution in [1.82, 2.24) is 0 Å². The Labute approximate surface area is 150 Å². The minimum Gasteiger partial charge on any atom is -0.203 e. The minimum atomic E-state index is -1.17. The Hall–Kier alpha value is -2.62. The Morgan fingerprint density at radius 1 is 0.577 bits per heavy atom. The molecule has 134 valence electrons. The van der Waals surface area contributed by atoms with Crippen LogP contribution >= 0.6 is 0 Å². The fourth-order valence-corrected chi connectivity index (χ4v) is 2.88. The van der Waals surface area contributed by atoms with Crippen LogP contribution in [0.4, 0.5) is 17.6 Å². The van der Waals surface area contributed by atoms with Crippen molar-refractivity contribution in [3.05, 3.63) is 94.1 Å². The van der Waals surface area contributed by atoms with Gasteiger partial charge in [-0.05, 0) is 43.4 Å². The third kappa shape index (κ3) is 3.50. The molecular formula is C22H18F4. The van der Waals surface area contributed by atoms with Gasteiger partial charge in [-0.15, -0.1) is 0 Å². The predicted octanol–water partition coefficient (Wildman–Crippen LogP) is 6.31. The molecule has 26 heavy (non-hydrogen) atoms. The predicted molar refractivity (Wildman–Crippen MR) is 95.0 cm³/mol. The van der Waals surface area contributed by atoms with Crippen molar-refractivity contribution in [1.29, 1.82) is 0 Å². The van der Waals surface area contributed by atoms with E-state index in [4.69, 9.17) is 0 Å². The second kappa shape index (κ2) is 7.32. The van der Waals surface area contributed by atoms with E-state index in [9.17, 15) is 17.6 Å². The maximum absolute atomic E-state index is 14.5. The molecule has 0 N–H and O–H groups in total. The zero-order valence-corrected chi connectivity index (χ0v) is 14.5. The van der Waals surface area contributed by atoms with Crippen molar-refractivity contribution in [3.63, 3.8) is 0 Å². The lowest BCUT2D eigenvalue weighted by molar-refractivity contribution is 0.493. The molecule has 0 unspecified atom stereocenters. The molecule has 3 rings (SSSR count). The van der Waals surface area contributed by atoms with Crippen LogP contribution in [0.1, 0.15) is 22.3 Å². The van der Waals surface area contributed by atoms with Crippen LogP contribution < -0.4 is 0 Å². The molecular weight excluding hydrogens is 340 g/mol. The topological polar surface area (TPSA) is 0 Å². The Morgan fingerprint density at radius 3 is 1.81 bits per heavy atom. The first-order valence-corrected chi connectivity index (χ1v) is 8.36. The van der Waals surface area contributed by atoms with E-state index in [1.165, 1.54) is 31.2 Å². The Bertz CT molecular complexity index is 943. The lowest BCUT2D eigenvalue weighted by Crippen LogP contribution is -2.01. The number of hydrogen-bond acceptors (Lipinski definition) is 0. The van der Waals surface area contributed by atoms with Gasteiger partial charge in [0.2, 0.25) is 0 Å². The van der Waals surface area contributed by atoms with Crippen LogP contribution in [-0.4, -0.2) is 0 Å². The molecule has 0 fully saturated rings. The van der Waals surface area contributed by atoms with Crippen molar-refractivity contribution < 1.29 is 17.6 Å². The molecule has 0 amide bonds. The number of aryl methyl sites for hydroxylation is 4. The van der Waals surface area contributed by atoms with E-state index in [1.807, 2.05) is 31.2 Å². The number of benzene rings is 3. The minimum absolute atomic E-state index is 0.113. The second-order valence-electron chi connectivity index (χ2n) is 6.44. The summed E-state index contributed by atoms with van der Waals surface area (Å²) in [4.78, 5) is 0. The normalized spacial score (nSPS) is 11.0. The molecule has 0 radical (unpaired) electrons. The van der Waals surface area contributed by atoms with Crippen LogP contribution in [0.5, 0.6) is 0 Å². The van der Waals surface area contributed by atoms with Crippen LogP contribution in [-0.2, 0) is 12.8 Å².